The molecule has 18 heavy (non-hydrogen) atoms. The first-order valence-corrected chi connectivity index (χ1v) is 6.17. The molecule has 0 spiro atoms. The second-order valence-corrected chi connectivity index (χ2v) is 4.88. The van der Waals surface area contributed by atoms with Gasteiger partial charge in [0.05, 0.1) is 0 Å². The van der Waals surface area contributed by atoms with Gasteiger partial charge in [-0.1, -0.05) is 23.8 Å². The summed E-state index contributed by atoms with van der Waals surface area (Å²) < 4.78 is 5.92. The number of ether oxygens (including phenoxy) is 1. The van der Waals surface area contributed by atoms with Gasteiger partial charge in [-0.15, -0.1) is 0 Å². The second-order valence-electron chi connectivity index (χ2n) is 4.88. The molecule has 1 aromatic heterocycles. The zero-order valence-corrected chi connectivity index (χ0v) is 11.7. The van der Waals surface area contributed by atoms with Crippen molar-refractivity contribution in [1.29, 1.82) is 0 Å². The van der Waals surface area contributed by atoms with Crippen molar-refractivity contribution in [3.63, 3.8) is 0 Å². The second kappa shape index (κ2) is 4.81. The lowest BCUT2D eigenvalue weighted by Crippen LogP contribution is -1.96. The Hall–Kier alpha value is -1.83. The van der Waals surface area contributed by atoms with E-state index in [2.05, 4.69) is 44.8 Å². The van der Waals surface area contributed by atoms with Crippen molar-refractivity contribution in [1.82, 2.24) is 4.98 Å². The molecule has 2 heteroatoms. The molecule has 0 saturated heterocycles. The predicted molar refractivity (Wildman–Crippen MR) is 74.4 cm³/mol. The molecular formula is C16H19NO. The lowest BCUT2D eigenvalue weighted by molar-refractivity contribution is 0.454. The third-order valence-corrected chi connectivity index (χ3v) is 3.14. The fraction of sp³-hybridized carbons (Fsp3) is 0.312. The summed E-state index contributed by atoms with van der Waals surface area (Å²) in [5.74, 6) is 1.57. The van der Waals surface area contributed by atoms with Crippen LogP contribution in [0.15, 0.2) is 24.3 Å². The number of nitrogens with zero attached hydrogens (tertiary/aromatic N) is 1. The Labute approximate surface area is 109 Å². The quantitative estimate of drug-likeness (QED) is 0.776. The highest BCUT2D eigenvalue weighted by Gasteiger charge is 2.07. The van der Waals surface area contributed by atoms with E-state index in [4.69, 9.17) is 4.74 Å². The molecule has 0 fully saturated rings. The SMILES string of the molecule is Cc1cc(C)c(Oc2ccc(C)c(C)n2)c(C)c1. The average molecular weight is 241 g/mol. The number of pyridine rings is 1. The van der Waals surface area contributed by atoms with Gasteiger partial charge in [0.15, 0.2) is 0 Å². The van der Waals surface area contributed by atoms with E-state index in [1.54, 1.807) is 0 Å². The van der Waals surface area contributed by atoms with Gasteiger partial charge in [0.2, 0.25) is 5.88 Å². The van der Waals surface area contributed by atoms with E-state index < -0.39 is 0 Å². The maximum atomic E-state index is 5.92. The number of benzene rings is 1. The van der Waals surface area contributed by atoms with Crippen LogP contribution < -0.4 is 4.74 Å². The molecule has 2 aromatic rings. The molecule has 0 amide bonds. The molecular weight excluding hydrogens is 222 g/mol. The fourth-order valence-electron chi connectivity index (χ4n) is 2.10. The Morgan fingerprint density at radius 2 is 1.44 bits per heavy atom. The van der Waals surface area contributed by atoms with E-state index in [9.17, 15) is 0 Å². The summed E-state index contributed by atoms with van der Waals surface area (Å²) in [4.78, 5) is 4.45. The topological polar surface area (TPSA) is 22.1 Å². The van der Waals surface area contributed by atoms with Gasteiger partial charge >= 0.3 is 0 Å². The van der Waals surface area contributed by atoms with Gasteiger partial charge in [-0.2, -0.15) is 0 Å². The third kappa shape index (κ3) is 2.53. The molecule has 2 nitrogen and oxygen atoms in total. The molecule has 2 rings (SSSR count). The molecule has 1 aromatic carbocycles. The van der Waals surface area contributed by atoms with E-state index in [1.807, 2.05) is 19.1 Å². The summed E-state index contributed by atoms with van der Waals surface area (Å²) >= 11 is 0. The standard InChI is InChI=1S/C16H19NO/c1-10-8-12(3)16(13(4)9-10)18-15-7-6-11(2)14(5)17-15/h6-9H,1-5H3. The summed E-state index contributed by atoms with van der Waals surface area (Å²) in [6.07, 6.45) is 0. The van der Waals surface area contributed by atoms with Crippen LogP contribution in [-0.2, 0) is 0 Å². The van der Waals surface area contributed by atoms with Gasteiger partial charge in [0.25, 0.3) is 0 Å². The summed E-state index contributed by atoms with van der Waals surface area (Å²) in [5.41, 5.74) is 5.74. The Bertz CT molecular complexity index is 565. The van der Waals surface area contributed by atoms with Crippen LogP contribution in [0.25, 0.3) is 0 Å². The molecule has 0 unspecified atom stereocenters. The van der Waals surface area contributed by atoms with E-state index in [1.165, 1.54) is 11.1 Å². The van der Waals surface area contributed by atoms with Gasteiger partial charge in [0, 0.05) is 11.8 Å². The van der Waals surface area contributed by atoms with Crippen LogP contribution in [0.3, 0.4) is 0 Å². The number of hydrogen-bond acceptors (Lipinski definition) is 2. The monoisotopic (exact) mass is 241 g/mol. The van der Waals surface area contributed by atoms with Crippen molar-refractivity contribution in [2.45, 2.75) is 34.6 Å². The minimum absolute atomic E-state index is 0.660. The van der Waals surface area contributed by atoms with Crippen molar-refractivity contribution >= 4 is 0 Å². The number of aromatic nitrogens is 1. The Morgan fingerprint density at radius 3 is 2.00 bits per heavy atom. The number of hydrogen-bond donors (Lipinski definition) is 0. The third-order valence-electron chi connectivity index (χ3n) is 3.14. The zero-order valence-electron chi connectivity index (χ0n) is 11.7. The maximum Gasteiger partial charge on any atom is 0.219 e. The Kier molecular flexibility index (Phi) is 3.37. The highest BCUT2D eigenvalue weighted by Crippen LogP contribution is 2.29. The number of aryl methyl sites for hydroxylation is 5. The largest absolute Gasteiger partial charge is 0.438 e. The Balaban J connectivity index is 2.37. The van der Waals surface area contributed by atoms with E-state index in [0.29, 0.717) is 5.88 Å². The summed E-state index contributed by atoms with van der Waals surface area (Å²) in [7, 11) is 0. The molecule has 0 aliphatic heterocycles. The molecule has 94 valence electrons. The molecule has 0 aliphatic carbocycles. The fourth-order valence-corrected chi connectivity index (χ4v) is 2.10. The molecule has 0 radical (unpaired) electrons. The average Bonchev–Trinajstić information content (AvgIpc) is 2.28. The van der Waals surface area contributed by atoms with Gasteiger partial charge in [-0.05, 0) is 51.3 Å². The van der Waals surface area contributed by atoms with Crippen molar-refractivity contribution in [2.75, 3.05) is 0 Å². The Morgan fingerprint density at radius 1 is 0.833 bits per heavy atom. The van der Waals surface area contributed by atoms with Crippen molar-refractivity contribution in [3.8, 4) is 11.6 Å². The first kappa shape index (κ1) is 12.6. The molecule has 0 N–H and O–H groups in total. The molecule has 0 atom stereocenters. The van der Waals surface area contributed by atoms with Crippen LogP contribution >= 0.6 is 0 Å². The van der Waals surface area contributed by atoms with E-state index in [-0.39, 0.29) is 0 Å². The highest BCUT2D eigenvalue weighted by atomic mass is 16.5. The van der Waals surface area contributed by atoms with Gasteiger partial charge in [0.1, 0.15) is 5.75 Å². The van der Waals surface area contributed by atoms with Gasteiger partial charge in [-0.3, -0.25) is 0 Å². The summed E-state index contributed by atoms with van der Waals surface area (Å²) in [6.45, 7) is 10.3. The molecule has 0 saturated carbocycles. The summed E-state index contributed by atoms with van der Waals surface area (Å²) in [6, 6.07) is 8.21. The first-order valence-electron chi connectivity index (χ1n) is 6.17. The van der Waals surface area contributed by atoms with Crippen LogP contribution in [0.4, 0.5) is 0 Å². The minimum atomic E-state index is 0.660. The maximum absolute atomic E-state index is 5.92. The van der Waals surface area contributed by atoms with Crippen LogP contribution in [-0.4, -0.2) is 4.98 Å². The minimum Gasteiger partial charge on any atom is -0.438 e. The normalized spacial score (nSPS) is 10.5. The van der Waals surface area contributed by atoms with Gasteiger partial charge < -0.3 is 4.74 Å². The van der Waals surface area contributed by atoms with Crippen molar-refractivity contribution < 1.29 is 4.74 Å². The van der Waals surface area contributed by atoms with Crippen molar-refractivity contribution in [3.05, 3.63) is 52.2 Å². The molecule has 0 aliphatic rings. The smallest absolute Gasteiger partial charge is 0.219 e. The zero-order chi connectivity index (χ0) is 13.3. The number of rotatable bonds is 2. The highest BCUT2D eigenvalue weighted by molar-refractivity contribution is 5.44. The predicted octanol–water partition coefficient (Wildman–Crippen LogP) is 4.42. The van der Waals surface area contributed by atoms with Crippen LogP contribution in [0.1, 0.15) is 27.9 Å². The molecule has 0 bridgehead atoms. The summed E-state index contributed by atoms with van der Waals surface area (Å²) in [5, 5.41) is 0. The van der Waals surface area contributed by atoms with Crippen LogP contribution in [0.2, 0.25) is 0 Å². The first-order chi connectivity index (χ1) is 8.47. The lowest BCUT2D eigenvalue weighted by atomic mass is 10.1. The molecule has 1 heterocycles. The van der Waals surface area contributed by atoms with E-state index in [0.717, 1.165) is 22.6 Å². The van der Waals surface area contributed by atoms with Crippen LogP contribution in [0, 0.1) is 34.6 Å². The van der Waals surface area contributed by atoms with Gasteiger partial charge in [-0.25, -0.2) is 4.98 Å². The van der Waals surface area contributed by atoms with Crippen LogP contribution in [0.5, 0.6) is 11.6 Å². The lowest BCUT2D eigenvalue weighted by Gasteiger charge is -2.12. The van der Waals surface area contributed by atoms with Crippen molar-refractivity contribution in [2.24, 2.45) is 0 Å². The van der Waals surface area contributed by atoms with E-state index >= 15 is 0 Å².